The fraction of sp³-hybridized carbons (Fsp3) is 0.533. The van der Waals surface area contributed by atoms with Crippen molar-refractivity contribution in [3.05, 3.63) is 54.2 Å². The Kier molecular flexibility index (Phi) is 10.9. The lowest BCUT2D eigenvalue weighted by molar-refractivity contribution is -0.241. The Bertz CT molecular complexity index is 1440. The number of primary amides is 1. The van der Waals surface area contributed by atoms with Crippen molar-refractivity contribution in [2.24, 2.45) is 5.73 Å². The van der Waals surface area contributed by atoms with Crippen molar-refractivity contribution in [3.63, 3.8) is 0 Å². The number of hydrogen-bond donors (Lipinski definition) is 6. The molecule has 260 valence electrons. The molecule has 5 rings (SSSR count). The van der Waals surface area contributed by atoms with Crippen LogP contribution in [0.1, 0.15) is 36.5 Å². The number of carbonyl (C=O) groups is 5. The second kappa shape index (κ2) is 15.1. The van der Waals surface area contributed by atoms with Gasteiger partial charge < -0.3 is 60.5 Å². The van der Waals surface area contributed by atoms with Crippen LogP contribution >= 0.6 is 0 Å². The largest absolute Gasteiger partial charge is 0.456 e. The molecule has 4 aliphatic rings. The number of nitrogens with zero attached hydrogens (tertiary/aromatic N) is 2. The first-order valence-electron chi connectivity index (χ1n) is 15.3. The molecule has 2 saturated heterocycles. The quantitative estimate of drug-likeness (QED) is 0.138. The Morgan fingerprint density at radius 1 is 1.17 bits per heavy atom. The van der Waals surface area contributed by atoms with Gasteiger partial charge in [0, 0.05) is 37.8 Å². The third-order valence-corrected chi connectivity index (χ3v) is 8.25. The summed E-state index contributed by atoms with van der Waals surface area (Å²) >= 11 is 0. The van der Waals surface area contributed by atoms with Gasteiger partial charge in [0.1, 0.15) is 30.5 Å². The van der Waals surface area contributed by atoms with E-state index in [1.165, 1.54) is 48.8 Å². The number of ether oxygens (including phenoxy) is 5. The maximum Gasteiger partial charge on any atom is 0.338 e. The van der Waals surface area contributed by atoms with Crippen LogP contribution in [0.15, 0.2) is 48.6 Å². The molecule has 1 unspecified atom stereocenters. The lowest BCUT2D eigenvalue weighted by Gasteiger charge is -2.35. The second-order valence-electron chi connectivity index (χ2n) is 11.7. The minimum absolute atomic E-state index is 0.0631. The average molecular weight is 675 g/mol. The van der Waals surface area contributed by atoms with E-state index >= 15 is 0 Å². The number of carbonyl (C=O) groups excluding carboxylic acids is 5. The average Bonchev–Trinajstić information content (AvgIpc) is 3.33. The molecule has 0 aliphatic carbocycles. The van der Waals surface area contributed by atoms with Crippen molar-refractivity contribution >= 4 is 29.6 Å². The van der Waals surface area contributed by atoms with Crippen LogP contribution in [0.3, 0.4) is 0 Å². The smallest absolute Gasteiger partial charge is 0.338 e. The van der Waals surface area contributed by atoms with E-state index in [4.69, 9.17) is 29.4 Å². The molecule has 1 aromatic heterocycles. The molecule has 18 nitrogen and oxygen atoms in total. The summed E-state index contributed by atoms with van der Waals surface area (Å²) < 4.78 is 29.0. The van der Waals surface area contributed by atoms with Crippen molar-refractivity contribution in [3.8, 4) is 0 Å². The first-order valence-corrected chi connectivity index (χ1v) is 15.3. The fourth-order valence-corrected chi connectivity index (χ4v) is 5.75. The molecule has 0 radical (unpaired) electrons. The number of nitrogens with one attached hydrogen (secondary N) is 3. The molecule has 0 saturated carbocycles. The van der Waals surface area contributed by atoms with Gasteiger partial charge in [-0.1, -0.05) is 0 Å². The second-order valence-corrected chi connectivity index (χ2v) is 11.7. The molecule has 7 N–H and O–H groups in total. The van der Waals surface area contributed by atoms with Crippen molar-refractivity contribution in [2.75, 3.05) is 13.8 Å². The van der Waals surface area contributed by atoms with E-state index in [0.29, 0.717) is 12.8 Å². The number of hydrogen-bond acceptors (Lipinski definition) is 14. The number of nitrogens with two attached hydrogens (primary N) is 1. The molecule has 0 aromatic carbocycles. The third kappa shape index (κ3) is 7.74. The predicted molar refractivity (Wildman–Crippen MR) is 159 cm³/mol. The van der Waals surface area contributed by atoms with E-state index < -0.39 is 78.7 Å². The molecule has 10 atom stereocenters. The number of amides is 4. The van der Waals surface area contributed by atoms with E-state index in [2.05, 4.69) is 20.9 Å². The van der Waals surface area contributed by atoms with Crippen LogP contribution in [0.4, 0.5) is 0 Å². The monoisotopic (exact) mass is 674 g/mol. The zero-order valence-electron chi connectivity index (χ0n) is 26.1. The molecule has 5 heterocycles. The molecular formula is C30H38N6O12. The van der Waals surface area contributed by atoms with Crippen LogP contribution in [0.5, 0.6) is 0 Å². The minimum Gasteiger partial charge on any atom is -0.456 e. The number of aromatic nitrogens is 1. The fourth-order valence-electron chi connectivity index (χ4n) is 5.75. The Morgan fingerprint density at radius 2 is 1.92 bits per heavy atom. The highest BCUT2D eigenvalue weighted by atomic mass is 16.7. The van der Waals surface area contributed by atoms with Crippen LogP contribution in [0, 0.1) is 0 Å². The summed E-state index contributed by atoms with van der Waals surface area (Å²) in [5.41, 5.74) is 5.89. The van der Waals surface area contributed by atoms with Gasteiger partial charge in [-0.15, -0.1) is 0 Å². The zero-order valence-corrected chi connectivity index (χ0v) is 26.1. The number of aliphatic hydroxyl groups is 2. The van der Waals surface area contributed by atoms with Gasteiger partial charge in [-0.2, -0.15) is 0 Å². The van der Waals surface area contributed by atoms with Gasteiger partial charge in [0.25, 0.3) is 5.91 Å². The molecule has 18 heteroatoms. The summed E-state index contributed by atoms with van der Waals surface area (Å²) in [6.45, 7) is 1.79. The maximum atomic E-state index is 13.1. The lowest BCUT2D eigenvalue weighted by Crippen LogP contribution is -2.54. The van der Waals surface area contributed by atoms with Crippen LogP contribution in [0.25, 0.3) is 0 Å². The Hall–Kier alpha value is -4.62. The molecule has 0 spiro atoms. The molecular weight excluding hydrogens is 636 g/mol. The van der Waals surface area contributed by atoms with Crippen molar-refractivity contribution in [1.82, 2.24) is 25.8 Å². The number of rotatable bonds is 10. The summed E-state index contributed by atoms with van der Waals surface area (Å²) in [7, 11) is 1.27. The third-order valence-electron chi connectivity index (χ3n) is 8.25. The normalized spacial score (nSPS) is 32.5. The van der Waals surface area contributed by atoms with Crippen LogP contribution in [0.2, 0.25) is 0 Å². The van der Waals surface area contributed by atoms with Crippen molar-refractivity contribution in [2.45, 2.75) is 87.4 Å². The van der Waals surface area contributed by atoms with Crippen molar-refractivity contribution < 1.29 is 57.9 Å². The van der Waals surface area contributed by atoms with Crippen molar-refractivity contribution in [1.29, 1.82) is 0 Å². The van der Waals surface area contributed by atoms with E-state index in [1.54, 1.807) is 0 Å². The first-order chi connectivity index (χ1) is 23.0. The van der Waals surface area contributed by atoms with Gasteiger partial charge in [-0.05, 0) is 44.4 Å². The standard InChI is InChI=1S/C30H38N6O12/c1-14-4-3-5-16(26(41)34-14)35-27(42)18-12-17(37)20(39)30(45-18)48-23(25(31)40)22-21(44-2)24(47-29(43)15-6-9-32-10-7-15)28(46-22)36-11-8-19(38)33-13-36/h6-12,14,16-17,20-24,28,30,37,39H,3-5,13H2,1-2H3,(H2,31,40)(H,33,38)(H,34,41)(H,35,42)/t14-,16+,17+,20+,21-,22+,23-,24-,28-,30?/m1/s1. The van der Waals surface area contributed by atoms with Crippen LogP contribution in [-0.4, -0.2) is 125 Å². The number of aliphatic hydroxyl groups excluding tert-OH is 2. The highest BCUT2D eigenvalue weighted by Crippen LogP contribution is 2.34. The lowest BCUT2D eigenvalue weighted by atomic mass is 10.0. The van der Waals surface area contributed by atoms with Gasteiger partial charge in [0.05, 0.1) is 12.2 Å². The van der Waals surface area contributed by atoms with Crippen LogP contribution in [-0.2, 0) is 42.9 Å². The Labute approximate surface area is 274 Å². The van der Waals surface area contributed by atoms with E-state index in [1.807, 2.05) is 6.92 Å². The number of esters is 1. The molecule has 1 aromatic rings. The van der Waals surface area contributed by atoms with Gasteiger partial charge in [-0.25, -0.2) is 4.79 Å². The van der Waals surface area contributed by atoms with Gasteiger partial charge in [0.2, 0.25) is 24.0 Å². The maximum absolute atomic E-state index is 13.1. The van der Waals surface area contributed by atoms with Gasteiger partial charge in [0.15, 0.2) is 24.2 Å². The summed E-state index contributed by atoms with van der Waals surface area (Å²) in [6, 6.07) is 1.92. The summed E-state index contributed by atoms with van der Waals surface area (Å²) in [5, 5.41) is 29.3. The predicted octanol–water partition coefficient (Wildman–Crippen LogP) is -2.74. The topological polar surface area (TPSA) is 250 Å². The van der Waals surface area contributed by atoms with Gasteiger partial charge in [-0.3, -0.25) is 24.2 Å². The first kappa shape index (κ1) is 34.7. The molecule has 4 amide bonds. The highest BCUT2D eigenvalue weighted by molar-refractivity contribution is 5.96. The Morgan fingerprint density at radius 3 is 2.58 bits per heavy atom. The molecule has 2 fully saturated rings. The number of pyridine rings is 1. The number of methoxy groups -OCH3 is 1. The summed E-state index contributed by atoms with van der Waals surface area (Å²) in [6.07, 6.45) is -3.98. The van der Waals surface area contributed by atoms with Gasteiger partial charge >= 0.3 is 5.97 Å². The summed E-state index contributed by atoms with van der Waals surface area (Å²) in [4.78, 5) is 68.8. The van der Waals surface area contributed by atoms with Crippen LogP contribution < -0.4 is 21.7 Å². The minimum atomic E-state index is -1.83. The molecule has 0 bridgehead atoms. The SMILES string of the molecule is CO[C@H]1[C@@H](OC(=O)c2ccncc2)[C@H](N2C=CC(=O)NC2)O[C@@H]1[C@@H](OC1OC(C(=O)N[C@H]2CCC[C@@H](C)NC2=O)=C[C@H](O)[C@@H]1O)C(N)=O. The highest BCUT2D eigenvalue weighted by Gasteiger charge is 2.55. The molecule has 48 heavy (non-hydrogen) atoms. The zero-order chi connectivity index (χ0) is 34.5. The molecule has 4 aliphatic heterocycles. The van der Waals surface area contributed by atoms with E-state index in [-0.39, 0.29) is 30.1 Å². The van der Waals surface area contributed by atoms with E-state index in [9.17, 15) is 34.2 Å². The Balaban J connectivity index is 1.36. The van der Waals surface area contributed by atoms with E-state index in [0.717, 1.165) is 12.5 Å². The summed E-state index contributed by atoms with van der Waals surface area (Å²) in [5.74, 6) is -3.98.